The minimum absolute atomic E-state index is 0.184. The molecule has 1 aromatic heterocycles. The molecule has 3 heterocycles. The number of ether oxygens (including phenoxy) is 3. The van der Waals surface area contributed by atoms with Gasteiger partial charge in [-0.15, -0.1) is 0 Å². The molecule has 39 heavy (non-hydrogen) atoms. The number of hydrogen-bond acceptors (Lipinski definition) is 8. The first kappa shape index (κ1) is 26.4. The van der Waals surface area contributed by atoms with E-state index in [-0.39, 0.29) is 12.2 Å². The number of rotatable bonds is 6. The normalized spacial score (nSPS) is 15.8. The summed E-state index contributed by atoms with van der Waals surface area (Å²) in [6, 6.07) is 18.0. The number of amides is 1. The highest BCUT2D eigenvalue weighted by Crippen LogP contribution is 2.28. The Morgan fingerprint density at radius 1 is 1.10 bits per heavy atom. The first-order chi connectivity index (χ1) is 18.8. The Bertz CT molecular complexity index is 1350. The van der Waals surface area contributed by atoms with Crippen LogP contribution in [0.4, 0.5) is 10.5 Å². The van der Waals surface area contributed by atoms with Crippen LogP contribution < -0.4 is 9.64 Å². The summed E-state index contributed by atoms with van der Waals surface area (Å²) in [5.41, 5.74) is 3.76. The van der Waals surface area contributed by atoms with Gasteiger partial charge in [0.2, 0.25) is 0 Å². The molecule has 9 nitrogen and oxygen atoms in total. The Hall–Kier alpha value is -4.16. The molecule has 2 fully saturated rings. The quantitative estimate of drug-likeness (QED) is 0.464. The van der Waals surface area contributed by atoms with Gasteiger partial charge in [0, 0.05) is 37.0 Å². The van der Waals surface area contributed by atoms with Crippen LogP contribution in [0.25, 0.3) is 11.3 Å². The van der Waals surface area contributed by atoms with E-state index in [1.165, 1.54) is 5.69 Å². The summed E-state index contributed by atoms with van der Waals surface area (Å²) in [5.74, 6) is 1.20. The number of benzene rings is 2. The predicted molar refractivity (Wildman–Crippen MR) is 147 cm³/mol. The van der Waals surface area contributed by atoms with Gasteiger partial charge in [-0.3, -0.25) is 0 Å². The van der Waals surface area contributed by atoms with E-state index >= 15 is 0 Å². The highest BCUT2D eigenvalue weighted by molar-refractivity contribution is 5.69. The second kappa shape index (κ2) is 11.3. The zero-order chi connectivity index (χ0) is 27.4. The van der Waals surface area contributed by atoms with E-state index in [1.807, 2.05) is 32.9 Å². The summed E-state index contributed by atoms with van der Waals surface area (Å²) in [7, 11) is 0. The highest BCUT2D eigenvalue weighted by atomic mass is 16.6. The maximum atomic E-state index is 12.2. The fraction of sp³-hybridized carbons (Fsp3) is 0.400. The smallest absolute Gasteiger partial charge is 0.410 e. The zero-order valence-electron chi connectivity index (χ0n) is 22.6. The van der Waals surface area contributed by atoms with Gasteiger partial charge in [0.15, 0.2) is 0 Å². The molecule has 0 atom stereocenters. The summed E-state index contributed by atoms with van der Waals surface area (Å²) in [5, 5.41) is 9.77. The molecular formula is C30H33N5O4. The largest absolute Gasteiger partial charge is 0.485 e. The number of nitrogens with zero attached hydrogens (tertiary/aromatic N) is 5. The van der Waals surface area contributed by atoms with Crippen LogP contribution in [0, 0.1) is 11.3 Å². The fourth-order valence-corrected chi connectivity index (χ4v) is 4.52. The zero-order valence-corrected chi connectivity index (χ0v) is 22.6. The molecule has 0 radical (unpaired) electrons. The van der Waals surface area contributed by atoms with Crippen molar-refractivity contribution in [3.63, 3.8) is 0 Å². The highest BCUT2D eigenvalue weighted by Gasteiger charge is 2.35. The number of carbonyl (C=O) groups is 1. The van der Waals surface area contributed by atoms with Gasteiger partial charge in [-0.05, 0) is 62.7 Å². The average molecular weight is 528 g/mol. The van der Waals surface area contributed by atoms with E-state index in [0.717, 1.165) is 43.1 Å². The number of carbonyl (C=O) groups excluding carboxylic acids is 1. The van der Waals surface area contributed by atoms with Gasteiger partial charge in [-0.25, -0.2) is 14.8 Å². The van der Waals surface area contributed by atoms with Gasteiger partial charge >= 0.3 is 6.09 Å². The molecule has 5 rings (SSSR count). The van der Waals surface area contributed by atoms with Crippen molar-refractivity contribution >= 4 is 11.8 Å². The Kier molecular flexibility index (Phi) is 7.66. The third-order valence-corrected chi connectivity index (χ3v) is 6.57. The van der Waals surface area contributed by atoms with Gasteiger partial charge < -0.3 is 24.0 Å². The minimum atomic E-state index is -0.540. The van der Waals surface area contributed by atoms with Crippen LogP contribution in [0.15, 0.2) is 54.7 Å². The summed E-state index contributed by atoms with van der Waals surface area (Å²) in [6.07, 6.45) is 1.82. The molecule has 2 saturated heterocycles. The molecule has 3 aromatic rings. The lowest BCUT2D eigenvalue weighted by atomic mass is 10.1. The summed E-state index contributed by atoms with van der Waals surface area (Å²) < 4.78 is 16.8. The van der Waals surface area contributed by atoms with Crippen LogP contribution in [0.5, 0.6) is 5.75 Å². The topological polar surface area (TPSA) is 101 Å². The number of aromatic nitrogens is 2. The van der Waals surface area contributed by atoms with Crippen molar-refractivity contribution in [2.24, 2.45) is 0 Å². The van der Waals surface area contributed by atoms with Crippen LogP contribution in [0.2, 0.25) is 0 Å². The molecule has 202 valence electrons. The first-order valence-corrected chi connectivity index (χ1v) is 13.2. The molecule has 0 unspecified atom stereocenters. The van der Waals surface area contributed by atoms with E-state index in [0.29, 0.717) is 36.6 Å². The van der Waals surface area contributed by atoms with Crippen LogP contribution in [-0.4, -0.2) is 72.1 Å². The van der Waals surface area contributed by atoms with E-state index in [2.05, 4.69) is 40.2 Å². The molecule has 2 aromatic carbocycles. The molecule has 2 aliphatic rings. The molecular weight excluding hydrogens is 494 g/mol. The van der Waals surface area contributed by atoms with Crippen molar-refractivity contribution < 1.29 is 19.0 Å². The van der Waals surface area contributed by atoms with E-state index in [9.17, 15) is 10.1 Å². The van der Waals surface area contributed by atoms with E-state index in [4.69, 9.17) is 19.2 Å². The SMILES string of the molecule is CC(C)(C)OC(=O)N1CC(Oc2ccc(-c3ccnc(Cc4ccc(N5CCOCC5)cc4)n3)cc2C#N)C1. The van der Waals surface area contributed by atoms with Crippen molar-refractivity contribution in [2.75, 3.05) is 44.3 Å². The molecule has 0 bridgehead atoms. The Morgan fingerprint density at radius 3 is 2.54 bits per heavy atom. The van der Waals surface area contributed by atoms with Gasteiger partial charge in [0.25, 0.3) is 0 Å². The van der Waals surface area contributed by atoms with Crippen molar-refractivity contribution in [3.05, 3.63) is 71.7 Å². The van der Waals surface area contributed by atoms with E-state index < -0.39 is 5.60 Å². The number of morpholine rings is 1. The summed E-state index contributed by atoms with van der Waals surface area (Å²) in [4.78, 5) is 25.3. The van der Waals surface area contributed by atoms with Crippen molar-refractivity contribution in [3.8, 4) is 23.1 Å². The second-order valence-electron chi connectivity index (χ2n) is 10.7. The maximum Gasteiger partial charge on any atom is 0.410 e. The molecule has 0 aliphatic carbocycles. The Morgan fingerprint density at radius 2 is 1.85 bits per heavy atom. The van der Waals surface area contributed by atoms with Gasteiger partial charge in [0.05, 0.1) is 37.6 Å². The Balaban J connectivity index is 1.22. The van der Waals surface area contributed by atoms with Crippen LogP contribution >= 0.6 is 0 Å². The van der Waals surface area contributed by atoms with Gasteiger partial charge in [-0.2, -0.15) is 5.26 Å². The molecule has 2 aliphatic heterocycles. The van der Waals surface area contributed by atoms with E-state index in [1.54, 1.807) is 23.2 Å². The number of anilines is 1. The van der Waals surface area contributed by atoms with Crippen molar-refractivity contribution in [1.82, 2.24) is 14.9 Å². The second-order valence-corrected chi connectivity index (χ2v) is 10.7. The average Bonchev–Trinajstić information content (AvgIpc) is 2.90. The third kappa shape index (κ3) is 6.65. The predicted octanol–water partition coefficient (Wildman–Crippen LogP) is 4.44. The van der Waals surface area contributed by atoms with Crippen molar-refractivity contribution in [1.29, 1.82) is 5.26 Å². The molecule has 0 saturated carbocycles. The maximum absolute atomic E-state index is 12.2. The van der Waals surface area contributed by atoms with Gasteiger partial charge in [0.1, 0.15) is 29.3 Å². The molecule has 1 amide bonds. The van der Waals surface area contributed by atoms with Crippen molar-refractivity contribution in [2.45, 2.75) is 38.9 Å². The lowest BCUT2D eigenvalue weighted by Crippen LogP contribution is -2.57. The third-order valence-electron chi connectivity index (χ3n) is 6.57. The number of likely N-dealkylation sites (tertiary alicyclic amines) is 1. The van der Waals surface area contributed by atoms with Crippen LogP contribution in [-0.2, 0) is 15.9 Å². The Labute approximate surface area is 228 Å². The molecule has 0 spiro atoms. The lowest BCUT2D eigenvalue weighted by Gasteiger charge is -2.39. The molecule has 0 N–H and O–H groups in total. The van der Waals surface area contributed by atoms with Gasteiger partial charge in [-0.1, -0.05) is 12.1 Å². The standard InChI is InChI=1S/C30H33N5O4/c1-30(2,3)39-29(36)35-19-25(20-35)38-27-9-6-22(17-23(27)18-31)26-10-11-32-28(33-26)16-21-4-7-24(8-5-21)34-12-14-37-15-13-34/h4-11,17,25H,12-16,19-20H2,1-3H3. The monoisotopic (exact) mass is 527 g/mol. The fourth-order valence-electron chi connectivity index (χ4n) is 4.52. The summed E-state index contributed by atoms with van der Waals surface area (Å²) >= 11 is 0. The summed E-state index contributed by atoms with van der Waals surface area (Å²) in [6.45, 7) is 9.69. The lowest BCUT2D eigenvalue weighted by molar-refractivity contribution is -0.0222. The first-order valence-electron chi connectivity index (χ1n) is 13.2. The number of nitriles is 1. The minimum Gasteiger partial charge on any atom is -0.485 e. The van der Waals surface area contributed by atoms with Crippen LogP contribution in [0.1, 0.15) is 37.7 Å². The number of hydrogen-bond donors (Lipinski definition) is 0. The molecule has 9 heteroatoms. The van der Waals surface area contributed by atoms with Crippen LogP contribution in [0.3, 0.4) is 0 Å².